The third-order valence-corrected chi connectivity index (χ3v) is 2.47. The van der Waals surface area contributed by atoms with Gasteiger partial charge in [0.2, 0.25) is 5.91 Å². The summed E-state index contributed by atoms with van der Waals surface area (Å²) in [5.41, 5.74) is 7.47. The molecule has 3 heteroatoms. The first-order chi connectivity index (χ1) is 7.63. The molecule has 0 saturated carbocycles. The summed E-state index contributed by atoms with van der Waals surface area (Å²) in [5, 5.41) is 2.85. The van der Waals surface area contributed by atoms with E-state index in [1.54, 1.807) is 0 Å². The molecule has 0 heterocycles. The van der Waals surface area contributed by atoms with E-state index in [0.717, 1.165) is 12.1 Å². The molecule has 0 bridgehead atoms. The van der Waals surface area contributed by atoms with Gasteiger partial charge in [0.1, 0.15) is 0 Å². The molecule has 0 aliphatic rings. The van der Waals surface area contributed by atoms with E-state index in [2.05, 4.69) is 19.2 Å². The van der Waals surface area contributed by atoms with Crippen molar-refractivity contribution in [3.63, 3.8) is 0 Å². The Balaban J connectivity index is 2.51. The number of anilines is 1. The number of hydrogen-bond donors (Lipinski definition) is 2. The molecule has 0 unspecified atom stereocenters. The van der Waals surface area contributed by atoms with Crippen LogP contribution in [0.1, 0.15) is 38.2 Å². The lowest BCUT2D eigenvalue weighted by molar-refractivity contribution is -0.116. The van der Waals surface area contributed by atoms with Crippen LogP contribution in [0.2, 0.25) is 0 Å². The summed E-state index contributed by atoms with van der Waals surface area (Å²) in [7, 11) is 0. The Labute approximate surface area is 97.0 Å². The van der Waals surface area contributed by atoms with Crippen LogP contribution in [0.4, 0.5) is 5.69 Å². The summed E-state index contributed by atoms with van der Waals surface area (Å²) in [6.07, 6.45) is 1.22. The first-order valence-electron chi connectivity index (χ1n) is 5.73. The number of nitrogens with one attached hydrogen (secondary N) is 1. The molecule has 1 rings (SSSR count). The van der Waals surface area contributed by atoms with Gasteiger partial charge in [-0.2, -0.15) is 0 Å². The van der Waals surface area contributed by atoms with Gasteiger partial charge in [-0.05, 0) is 36.6 Å². The zero-order chi connectivity index (χ0) is 12.0. The molecule has 0 aliphatic heterocycles. The second-order valence-electron chi connectivity index (χ2n) is 4.22. The number of amides is 1. The van der Waals surface area contributed by atoms with Crippen molar-refractivity contribution in [2.24, 2.45) is 5.73 Å². The van der Waals surface area contributed by atoms with Crippen LogP contribution in [0.15, 0.2) is 24.3 Å². The van der Waals surface area contributed by atoms with Gasteiger partial charge in [-0.3, -0.25) is 4.79 Å². The van der Waals surface area contributed by atoms with Crippen LogP contribution < -0.4 is 11.1 Å². The van der Waals surface area contributed by atoms with Crippen molar-refractivity contribution in [2.75, 3.05) is 11.9 Å². The Hall–Kier alpha value is -1.35. The molecule has 88 valence electrons. The first-order valence-corrected chi connectivity index (χ1v) is 5.73. The number of carbonyl (C=O) groups excluding carboxylic acids is 1. The minimum Gasteiger partial charge on any atom is -0.330 e. The van der Waals surface area contributed by atoms with Gasteiger partial charge in [-0.1, -0.05) is 26.0 Å². The highest BCUT2D eigenvalue weighted by Crippen LogP contribution is 2.17. The van der Waals surface area contributed by atoms with E-state index < -0.39 is 0 Å². The molecule has 16 heavy (non-hydrogen) atoms. The Morgan fingerprint density at radius 2 is 1.94 bits per heavy atom. The molecule has 1 aromatic carbocycles. The monoisotopic (exact) mass is 220 g/mol. The molecular formula is C13H20N2O. The Morgan fingerprint density at radius 3 is 2.44 bits per heavy atom. The second-order valence-corrected chi connectivity index (χ2v) is 4.22. The maximum Gasteiger partial charge on any atom is 0.224 e. The van der Waals surface area contributed by atoms with Crippen molar-refractivity contribution in [1.29, 1.82) is 0 Å². The van der Waals surface area contributed by atoms with E-state index in [4.69, 9.17) is 5.73 Å². The smallest absolute Gasteiger partial charge is 0.224 e. The topological polar surface area (TPSA) is 55.1 Å². The van der Waals surface area contributed by atoms with Gasteiger partial charge in [-0.15, -0.1) is 0 Å². The third kappa shape index (κ3) is 4.03. The van der Waals surface area contributed by atoms with Crippen molar-refractivity contribution in [3.8, 4) is 0 Å². The van der Waals surface area contributed by atoms with E-state index in [0.29, 0.717) is 18.9 Å². The Morgan fingerprint density at radius 1 is 1.31 bits per heavy atom. The minimum atomic E-state index is 0.0303. The lowest BCUT2D eigenvalue weighted by Crippen LogP contribution is -2.13. The SMILES string of the molecule is CC(C)c1ccc(NC(=O)CCCN)cc1. The zero-order valence-corrected chi connectivity index (χ0v) is 9.99. The predicted molar refractivity (Wildman–Crippen MR) is 67.4 cm³/mol. The maximum atomic E-state index is 11.4. The van der Waals surface area contributed by atoms with Gasteiger partial charge in [0.25, 0.3) is 0 Å². The summed E-state index contributed by atoms with van der Waals surface area (Å²) in [5.74, 6) is 0.546. The summed E-state index contributed by atoms with van der Waals surface area (Å²) in [6, 6.07) is 7.97. The molecule has 0 saturated heterocycles. The van der Waals surface area contributed by atoms with Gasteiger partial charge in [0.15, 0.2) is 0 Å². The van der Waals surface area contributed by atoms with Crippen LogP contribution >= 0.6 is 0 Å². The highest BCUT2D eigenvalue weighted by molar-refractivity contribution is 5.90. The molecule has 0 fully saturated rings. The highest BCUT2D eigenvalue weighted by atomic mass is 16.1. The van der Waals surface area contributed by atoms with Crippen molar-refractivity contribution in [1.82, 2.24) is 0 Å². The van der Waals surface area contributed by atoms with Gasteiger partial charge >= 0.3 is 0 Å². The second kappa shape index (κ2) is 6.28. The average Bonchev–Trinajstić information content (AvgIpc) is 2.27. The fourth-order valence-corrected chi connectivity index (χ4v) is 1.44. The normalized spacial score (nSPS) is 10.5. The lowest BCUT2D eigenvalue weighted by atomic mass is 10.0. The van der Waals surface area contributed by atoms with Gasteiger partial charge in [0, 0.05) is 12.1 Å². The molecular weight excluding hydrogens is 200 g/mol. The Kier molecular flexibility index (Phi) is 4.99. The maximum absolute atomic E-state index is 11.4. The molecule has 3 N–H and O–H groups in total. The largest absolute Gasteiger partial charge is 0.330 e. The predicted octanol–water partition coefficient (Wildman–Crippen LogP) is 2.49. The minimum absolute atomic E-state index is 0.0303. The molecule has 0 radical (unpaired) electrons. The van der Waals surface area contributed by atoms with E-state index in [1.807, 2.05) is 24.3 Å². The molecule has 0 spiro atoms. The number of nitrogens with two attached hydrogens (primary N) is 1. The quantitative estimate of drug-likeness (QED) is 0.801. The fourth-order valence-electron chi connectivity index (χ4n) is 1.44. The fraction of sp³-hybridized carbons (Fsp3) is 0.462. The van der Waals surface area contributed by atoms with Gasteiger partial charge < -0.3 is 11.1 Å². The molecule has 1 amide bonds. The molecule has 3 nitrogen and oxygen atoms in total. The molecule has 0 aliphatic carbocycles. The Bertz CT molecular complexity index is 330. The number of benzene rings is 1. The number of carbonyl (C=O) groups is 1. The number of hydrogen-bond acceptors (Lipinski definition) is 2. The van der Waals surface area contributed by atoms with E-state index >= 15 is 0 Å². The van der Waals surface area contributed by atoms with Crippen LogP contribution in [0.3, 0.4) is 0 Å². The van der Waals surface area contributed by atoms with Crippen LogP contribution in [0, 0.1) is 0 Å². The van der Waals surface area contributed by atoms with Crippen molar-refractivity contribution >= 4 is 11.6 Å². The third-order valence-electron chi connectivity index (χ3n) is 2.47. The van der Waals surface area contributed by atoms with Crippen LogP contribution in [-0.2, 0) is 4.79 Å². The van der Waals surface area contributed by atoms with Crippen LogP contribution in [-0.4, -0.2) is 12.5 Å². The van der Waals surface area contributed by atoms with Gasteiger partial charge in [-0.25, -0.2) is 0 Å². The lowest BCUT2D eigenvalue weighted by Gasteiger charge is -2.08. The average molecular weight is 220 g/mol. The van der Waals surface area contributed by atoms with E-state index in [9.17, 15) is 4.79 Å². The van der Waals surface area contributed by atoms with Crippen molar-refractivity contribution < 1.29 is 4.79 Å². The first kappa shape index (κ1) is 12.7. The van der Waals surface area contributed by atoms with Crippen molar-refractivity contribution in [3.05, 3.63) is 29.8 Å². The standard InChI is InChI=1S/C13H20N2O/c1-10(2)11-5-7-12(8-6-11)15-13(16)4-3-9-14/h5-8,10H,3-4,9,14H2,1-2H3,(H,15,16). The zero-order valence-electron chi connectivity index (χ0n) is 9.99. The van der Waals surface area contributed by atoms with E-state index in [1.165, 1.54) is 5.56 Å². The highest BCUT2D eigenvalue weighted by Gasteiger charge is 2.02. The van der Waals surface area contributed by atoms with Crippen LogP contribution in [0.5, 0.6) is 0 Å². The van der Waals surface area contributed by atoms with Crippen LogP contribution in [0.25, 0.3) is 0 Å². The molecule has 1 aromatic rings. The van der Waals surface area contributed by atoms with E-state index in [-0.39, 0.29) is 5.91 Å². The van der Waals surface area contributed by atoms with Gasteiger partial charge in [0.05, 0.1) is 0 Å². The summed E-state index contributed by atoms with van der Waals surface area (Å²) < 4.78 is 0. The van der Waals surface area contributed by atoms with Crippen molar-refractivity contribution in [2.45, 2.75) is 32.6 Å². The summed E-state index contributed by atoms with van der Waals surface area (Å²) in [4.78, 5) is 11.4. The number of rotatable bonds is 5. The summed E-state index contributed by atoms with van der Waals surface area (Å²) >= 11 is 0. The molecule has 0 atom stereocenters. The molecule has 0 aromatic heterocycles. The summed E-state index contributed by atoms with van der Waals surface area (Å²) in [6.45, 7) is 4.85.